The Bertz CT molecular complexity index is 1000. The highest BCUT2D eigenvalue weighted by Crippen LogP contribution is 2.33. The van der Waals surface area contributed by atoms with Gasteiger partial charge in [-0.1, -0.05) is 22.6 Å². The standard InChI is InChI=1S/C20H17F3IN3O4/c1-19(30,11-31-15-6-4-13(5-7-15)26-17(28)9-24)18(29)27-14-3-2-12(10-25)16(8-14)20(21,22)23/h2-8,30H,9,11H2,1H3,(H,26,28)(H,27,29)/t19-/m0/s1. The average molecular weight is 547 g/mol. The van der Waals surface area contributed by atoms with Crippen LogP contribution in [0, 0.1) is 11.3 Å². The quantitative estimate of drug-likeness (QED) is 0.362. The summed E-state index contributed by atoms with van der Waals surface area (Å²) < 4.78 is 44.8. The molecule has 0 unspecified atom stereocenters. The van der Waals surface area contributed by atoms with Crippen LogP contribution in [0.15, 0.2) is 42.5 Å². The highest BCUT2D eigenvalue weighted by Gasteiger charge is 2.35. The summed E-state index contributed by atoms with van der Waals surface area (Å²) in [6.07, 6.45) is -4.78. The van der Waals surface area contributed by atoms with Gasteiger partial charge in [-0.15, -0.1) is 0 Å². The highest BCUT2D eigenvalue weighted by molar-refractivity contribution is 14.1. The van der Waals surface area contributed by atoms with Crippen LogP contribution in [0.3, 0.4) is 0 Å². The summed E-state index contributed by atoms with van der Waals surface area (Å²) in [5.41, 5.74) is -3.54. The number of rotatable bonds is 7. The van der Waals surface area contributed by atoms with Crippen molar-refractivity contribution in [2.75, 3.05) is 21.7 Å². The van der Waals surface area contributed by atoms with E-state index in [9.17, 15) is 27.9 Å². The monoisotopic (exact) mass is 547 g/mol. The van der Waals surface area contributed by atoms with Crippen LogP contribution in [0.4, 0.5) is 24.5 Å². The van der Waals surface area contributed by atoms with Gasteiger partial charge in [0.15, 0.2) is 5.60 Å². The Kier molecular flexibility index (Phi) is 7.85. The third-order valence-corrected chi connectivity index (χ3v) is 4.66. The maximum atomic E-state index is 13.1. The highest BCUT2D eigenvalue weighted by atomic mass is 127. The number of carbonyl (C=O) groups excluding carboxylic acids is 2. The number of amides is 2. The topological polar surface area (TPSA) is 111 Å². The molecule has 0 fully saturated rings. The minimum Gasteiger partial charge on any atom is -0.490 e. The molecule has 2 aromatic carbocycles. The van der Waals surface area contributed by atoms with E-state index in [0.717, 1.165) is 19.1 Å². The molecule has 0 aliphatic heterocycles. The van der Waals surface area contributed by atoms with Crippen molar-refractivity contribution in [3.05, 3.63) is 53.6 Å². The van der Waals surface area contributed by atoms with E-state index in [4.69, 9.17) is 10.00 Å². The normalized spacial score (nSPS) is 12.9. The van der Waals surface area contributed by atoms with Gasteiger partial charge in [-0.05, 0) is 49.4 Å². The van der Waals surface area contributed by atoms with Gasteiger partial charge < -0.3 is 20.5 Å². The van der Waals surface area contributed by atoms with E-state index in [2.05, 4.69) is 10.6 Å². The fraction of sp³-hybridized carbons (Fsp3) is 0.250. The SMILES string of the molecule is C[C@](O)(COc1ccc(NC(=O)CI)cc1)C(=O)Nc1ccc(C#N)c(C(F)(F)F)c1. The fourth-order valence-electron chi connectivity index (χ4n) is 2.34. The number of nitrogens with one attached hydrogen (secondary N) is 2. The van der Waals surface area contributed by atoms with Gasteiger partial charge >= 0.3 is 6.18 Å². The van der Waals surface area contributed by atoms with Crippen molar-refractivity contribution in [2.45, 2.75) is 18.7 Å². The van der Waals surface area contributed by atoms with Crippen LogP contribution in [-0.4, -0.2) is 33.6 Å². The molecule has 0 aliphatic carbocycles. The second kappa shape index (κ2) is 9.97. The maximum absolute atomic E-state index is 13.1. The molecule has 2 rings (SSSR count). The van der Waals surface area contributed by atoms with Gasteiger partial charge in [0.1, 0.15) is 12.4 Å². The first-order chi connectivity index (χ1) is 14.5. The van der Waals surface area contributed by atoms with Gasteiger partial charge in [-0.25, -0.2) is 0 Å². The molecule has 7 nitrogen and oxygen atoms in total. The summed E-state index contributed by atoms with van der Waals surface area (Å²) in [5, 5.41) is 24.0. The van der Waals surface area contributed by atoms with E-state index < -0.39 is 35.4 Å². The molecule has 31 heavy (non-hydrogen) atoms. The van der Waals surface area contributed by atoms with Crippen LogP contribution in [0.25, 0.3) is 0 Å². The van der Waals surface area contributed by atoms with Crippen LogP contribution >= 0.6 is 22.6 Å². The second-order valence-corrected chi connectivity index (χ2v) is 7.36. The summed E-state index contributed by atoms with van der Waals surface area (Å²) in [6.45, 7) is 0.659. The number of nitriles is 1. The summed E-state index contributed by atoms with van der Waals surface area (Å²) >= 11 is 1.92. The van der Waals surface area contributed by atoms with E-state index in [-0.39, 0.29) is 16.0 Å². The number of halogens is 4. The number of carbonyl (C=O) groups is 2. The molecule has 11 heteroatoms. The van der Waals surface area contributed by atoms with Crippen LogP contribution < -0.4 is 15.4 Å². The van der Waals surface area contributed by atoms with Crippen LogP contribution in [0.2, 0.25) is 0 Å². The Balaban J connectivity index is 2.03. The molecular weight excluding hydrogens is 530 g/mol. The van der Waals surface area contributed by atoms with E-state index in [1.807, 2.05) is 22.6 Å². The predicted molar refractivity (Wildman–Crippen MR) is 115 cm³/mol. The van der Waals surface area contributed by atoms with Gasteiger partial charge in [0.05, 0.1) is 21.6 Å². The zero-order valence-electron chi connectivity index (χ0n) is 16.1. The number of benzene rings is 2. The minimum absolute atomic E-state index is 0.176. The van der Waals surface area contributed by atoms with Gasteiger partial charge in [0.25, 0.3) is 5.91 Å². The van der Waals surface area contributed by atoms with Crippen LogP contribution in [0.5, 0.6) is 5.75 Å². The van der Waals surface area contributed by atoms with Gasteiger partial charge in [0.2, 0.25) is 5.91 Å². The van der Waals surface area contributed by atoms with Crippen molar-refractivity contribution in [3.8, 4) is 11.8 Å². The van der Waals surface area contributed by atoms with Crippen molar-refractivity contribution >= 4 is 45.8 Å². The predicted octanol–water partition coefficient (Wildman–Crippen LogP) is 3.72. The third kappa shape index (κ3) is 6.83. The molecule has 2 amide bonds. The van der Waals surface area contributed by atoms with Crippen LogP contribution in [-0.2, 0) is 15.8 Å². The first kappa shape index (κ1) is 24.4. The smallest absolute Gasteiger partial charge is 0.417 e. The molecule has 0 saturated heterocycles. The van der Waals surface area contributed by atoms with Gasteiger partial charge in [0, 0.05) is 11.4 Å². The lowest BCUT2D eigenvalue weighted by molar-refractivity contribution is -0.138. The molecule has 0 bridgehead atoms. The number of ether oxygens (including phenoxy) is 1. The van der Waals surface area contributed by atoms with Crippen molar-refractivity contribution in [2.24, 2.45) is 0 Å². The van der Waals surface area contributed by atoms with Crippen molar-refractivity contribution < 1.29 is 32.6 Å². The first-order valence-corrected chi connectivity index (χ1v) is 10.2. The number of aliphatic hydroxyl groups is 1. The Morgan fingerprint density at radius 1 is 1.13 bits per heavy atom. The Hall–Kier alpha value is -2.85. The van der Waals surface area contributed by atoms with Gasteiger partial charge in [-0.2, -0.15) is 18.4 Å². The number of anilines is 2. The molecule has 0 heterocycles. The molecule has 164 valence electrons. The van der Waals surface area contributed by atoms with E-state index in [1.165, 1.54) is 18.2 Å². The minimum atomic E-state index is -4.78. The summed E-state index contributed by atoms with van der Waals surface area (Å²) in [5.74, 6) is -0.861. The van der Waals surface area contributed by atoms with Crippen molar-refractivity contribution in [1.82, 2.24) is 0 Å². The molecular formula is C20H17F3IN3O4. The molecule has 0 saturated carbocycles. The maximum Gasteiger partial charge on any atom is 0.417 e. The number of alkyl halides is 4. The van der Waals surface area contributed by atoms with E-state index in [0.29, 0.717) is 17.5 Å². The zero-order valence-corrected chi connectivity index (χ0v) is 18.2. The van der Waals surface area contributed by atoms with E-state index in [1.54, 1.807) is 12.1 Å². The van der Waals surface area contributed by atoms with Crippen LogP contribution in [0.1, 0.15) is 18.1 Å². The molecule has 0 radical (unpaired) electrons. The third-order valence-electron chi connectivity index (χ3n) is 3.97. The molecule has 0 spiro atoms. The lowest BCUT2D eigenvalue weighted by Crippen LogP contribution is -2.45. The average Bonchev–Trinajstić information content (AvgIpc) is 2.72. The lowest BCUT2D eigenvalue weighted by Gasteiger charge is -2.23. The molecule has 3 N–H and O–H groups in total. The molecule has 0 aromatic heterocycles. The summed E-state index contributed by atoms with van der Waals surface area (Å²) in [4.78, 5) is 23.7. The Labute approximate surface area is 189 Å². The summed E-state index contributed by atoms with van der Waals surface area (Å²) in [7, 11) is 0. The fourth-order valence-corrected chi connectivity index (χ4v) is 2.53. The number of hydrogen-bond donors (Lipinski definition) is 3. The largest absolute Gasteiger partial charge is 0.490 e. The summed E-state index contributed by atoms with van der Waals surface area (Å²) in [6, 6.07) is 10.3. The first-order valence-electron chi connectivity index (χ1n) is 8.70. The lowest BCUT2D eigenvalue weighted by atomic mass is 10.1. The Morgan fingerprint density at radius 2 is 1.74 bits per heavy atom. The number of hydrogen-bond acceptors (Lipinski definition) is 5. The van der Waals surface area contributed by atoms with Gasteiger partial charge in [-0.3, -0.25) is 9.59 Å². The molecule has 1 atom stereocenters. The zero-order chi connectivity index (χ0) is 23.2. The second-order valence-electron chi connectivity index (χ2n) is 6.59. The molecule has 0 aliphatic rings. The number of nitrogens with zero attached hydrogens (tertiary/aromatic N) is 1. The Morgan fingerprint density at radius 3 is 2.29 bits per heavy atom. The van der Waals surface area contributed by atoms with Crippen molar-refractivity contribution in [3.63, 3.8) is 0 Å². The van der Waals surface area contributed by atoms with Crippen molar-refractivity contribution in [1.29, 1.82) is 5.26 Å². The molecule has 2 aromatic rings. The van der Waals surface area contributed by atoms with E-state index >= 15 is 0 Å².